The van der Waals surface area contributed by atoms with Gasteiger partial charge in [-0.2, -0.15) is 0 Å². The Kier molecular flexibility index (Phi) is 10.0. The topological polar surface area (TPSA) is 93.9 Å². The maximum atomic E-state index is 11.0. The molecule has 2 aliphatic heterocycles. The average Bonchev–Trinajstić information content (AvgIpc) is 2.80. The van der Waals surface area contributed by atoms with Gasteiger partial charge in [0.25, 0.3) is 5.09 Å². The summed E-state index contributed by atoms with van der Waals surface area (Å²) in [6, 6.07) is 3.94. The second kappa shape index (κ2) is 12.5. The fraction of sp³-hybridized carbons (Fsp3) is 0.556. The minimum atomic E-state index is -0.741. The van der Waals surface area contributed by atoms with Crippen LogP contribution >= 0.6 is 0 Å². The number of hydrogen-bond donors (Lipinski definition) is 2. The van der Waals surface area contributed by atoms with Gasteiger partial charge in [-0.25, -0.2) is 0 Å². The summed E-state index contributed by atoms with van der Waals surface area (Å²) in [5, 5.41) is 23.6. The van der Waals surface area contributed by atoms with Crippen molar-refractivity contribution in [2.75, 3.05) is 13.2 Å². The maximum Gasteiger partial charge on any atom is 0.294 e. The van der Waals surface area contributed by atoms with Gasteiger partial charge < -0.3 is 20.0 Å². The van der Waals surface area contributed by atoms with E-state index in [9.17, 15) is 15.2 Å². The molecular formula is C27H40N2O5. The van der Waals surface area contributed by atoms with Gasteiger partial charge in [0.15, 0.2) is 0 Å². The Morgan fingerprint density at radius 1 is 1.24 bits per heavy atom. The molecule has 0 spiro atoms. The van der Waals surface area contributed by atoms with Crippen LogP contribution in [0.3, 0.4) is 0 Å². The molecule has 2 atom stereocenters. The van der Waals surface area contributed by atoms with Gasteiger partial charge in [0.2, 0.25) is 0 Å². The summed E-state index contributed by atoms with van der Waals surface area (Å²) in [6.45, 7) is 13.3. The van der Waals surface area contributed by atoms with E-state index in [0.717, 1.165) is 48.1 Å². The van der Waals surface area contributed by atoms with Gasteiger partial charge in [-0.3, -0.25) is 0 Å². The smallest absolute Gasteiger partial charge is 0.294 e. The van der Waals surface area contributed by atoms with Gasteiger partial charge in [0.05, 0.1) is 12.2 Å². The van der Waals surface area contributed by atoms with Crippen LogP contribution in [0.4, 0.5) is 0 Å². The van der Waals surface area contributed by atoms with Gasteiger partial charge in [-0.15, -0.1) is 10.1 Å². The molecule has 7 nitrogen and oxygen atoms in total. The first-order chi connectivity index (χ1) is 16.2. The third kappa shape index (κ3) is 7.27. The zero-order valence-electron chi connectivity index (χ0n) is 21.4. The molecule has 34 heavy (non-hydrogen) atoms. The first kappa shape index (κ1) is 27.3. The van der Waals surface area contributed by atoms with Crippen molar-refractivity contribution in [3.8, 4) is 11.5 Å². The number of phenolic OH excluding ortho intramolecular Hbond substituents is 1. The first-order valence-corrected chi connectivity index (χ1v) is 12.3. The average molecular weight is 473 g/mol. The van der Waals surface area contributed by atoms with Gasteiger partial charge in [0.1, 0.15) is 17.1 Å². The second-order valence-corrected chi connectivity index (χ2v) is 9.25. The van der Waals surface area contributed by atoms with Crippen molar-refractivity contribution >= 4 is 5.57 Å². The fourth-order valence-corrected chi connectivity index (χ4v) is 4.31. The van der Waals surface area contributed by atoms with E-state index in [2.05, 4.69) is 42.2 Å². The summed E-state index contributed by atoms with van der Waals surface area (Å²) in [6.07, 6.45) is 11.7. The molecule has 0 radical (unpaired) electrons. The summed E-state index contributed by atoms with van der Waals surface area (Å²) in [7, 11) is 0. The van der Waals surface area contributed by atoms with Crippen LogP contribution in [0.2, 0.25) is 0 Å². The van der Waals surface area contributed by atoms with Crippen molar-refractivity contribution in [3.05, 3.63) is 63.4 Å². The normalized spacial score (nSPS) is 17.5. The number of dihydropyridines is 1. The number of hydrogen-bond acceptors (Lipinski definition) is 6. The number of rotatable bonds is 10. The van der Waals surface area contributed by atoms with Crippen LogP contribution in [0.25, 0.3) is 5.57 Å². The lowest BCUT2D eigenvalue weighted by Crippen LogP contribution is -2.29. The third-order valence-electron chi connectivity index (χ3n) is 6.25. The van der Waals surface area contributed by atoms with E-state index >= 15 is 0 Å². The molecule has 7 heteroatoms. The fourth-order valence-electron chi connectivity index (χ4n) is 4.31. The molecular weight excluding hydrogens is 432 g/mol. The quantitative estimate of drug-likeness (QED) is 0.229. The van der Waals surface area contributed by atoms with Gasteiger partial charge in [0, 0.05) is 6.54 Å². The SMILES string of the molecule is CC.CC(CCCCCO[N+](=O)[O-])C(C)c1cc(O)c2c(c1)OC(C)(C)C=C2C1=CCNC=C1. The number of unbranched alkanes of at least 4 members (excludes halogenated alkanes) is 2. The molecule has 2 heterocycles. The number of allylic oxidation sites excluding steroid dienone is 3. The number of nitrogens with zero attached hydrogens (tertiary/aromatic N) is 1. The lowest BCUT2D eigenvalue weighted by atomic mass is 9.82. The molecule has 188 valence electrons. The highest BCUT2D eigenvalue weighted by Gasteiger charge is 2.31. The van der Waals surface area contributed by atoms with E-state index in [-0.39, 0.29) is 18.3 Å². The molecule has 1 aromatic carbocycles. The van der Waals surface area contributed by atoms with E-state index in [4.69, 9.17) is 4.74 Å². The molecule has 0 saturated heterocycles. The highest BCUT2D eigenvalue weighted by atomic mass is 16.9. The van der Waals surface area contributed by atoms with Crippen molar-refractivity contribution in [3.63, 3.8) is 0 Å². The first-order valence-electron chi connectivity index (χ1n) is 12.3. The molecule has 0 saturated carbocycles. The molecule has 0 amide bonds. The molecule has 0 fully saturated rings. The lowest BCUT2D eigenvalue weighted by molar-refractivity contribution is -0.757. The Morgan fingerprint density at radius 2 is 1.97 bits per heavy atom. The zero-order valence-corrected chi connectivity index (χ0v) is 21.4. The van der Waals surface area contributed by atoms with E-state index in [1.165, 1.54) is 0 Å². The van der Waals surface area contributed by atoms with Crippen LogP contribution in [0.15, 0.2) is 42.1 Å². The van der Waals surface area contributed by atoms with Crippen molar-refractivity contribution in [2.45, 2.75) is 78.7 Å². The van der Waals surface area contributed by atoms with Crippen molar-refractivity contribution in [1.82, 2.24) is 5.32 Å². The number of ether oxygens (including phenoxy) is 1. The van der Waals surface area contributed by atoms with Crippen LogP contribution in [0.5, 0.6) is 11.5 Å². The molecule has 3 rings (SSSR count). The van der Waals surface area contributed by atoms with Crippen molar-refractivity contribution in [1.29, 1.82) is 0 Å². The van der Waals surface area contributed by atoms with E-state index in [0.29, 0.717) is 18.1 Å². The zero-order chi connectivity index (χ0) is 25.3. The Labute approximate surface area is 203 Å². The minimum Gasteiger partial charge on any atom is -0.507 e. The number of nitrogens with one attached hydrogen (secondary N) is 1. The highest BCUT2D eigenvalue weighted by Crippen LogP contribution is 2.46. The molecule has 2 aliphatic rings. The molecule has 0 aromatic heterocycles. The van der Waals surface area contributed by atoms with Crippen LogP contribution in [0.1, 0.15) is 84.3 Å². The Hall–Kier alpha value is -2.96. The Bertz CT molecular complexity index is 933. The maximum absolute atomic E-state index is 11.0. The molecule has 0 bridgehead atoms. The minimum absolute atomic E-state index is 0.153. The summed E-state index contributed by atoms with van der Waals surface area (Å²) in [5.74, 6) is 1.58. The van der Waals surface area contributed by atoms with Crippen LogP contribution in [0, 0.1) is 16.0 Å². The number of fused-ring (bicyclic) bond motifs is 1. The van der Waals surface area contributed by atoms with E-state index < -0.39 is 10.7 Å². The van der Waals surface area contributed by atoms with Gasteiger partial charge >= 0.3 is 0 Å². The third-order valence-corrected chi connectivity index (χ3v) is 6.25. The monoisotopic (exact) mass is 472 g/mol. The predicted molar refractivity (Wildman–Crippen MR) is 136 cm³/mol. The second-order valence-electron chi connectivity index (χ2n) is 9.25. The van der Waals surface area contributed by atoms with E-state index in [1.807, 2.05) is 46.0 Å². The van der Waals surface area contributed by atoms with Gasteiger partial charge in [-0.05, 0) is 79.3 Å². The van der Waals surface area contributed by atoms with Crippen LogP contribution in [-0.4, -0.2) is 28.9 Å². The summed E-state index contributed by atoms with van der Waals surface area (Å²) in [5.41, 5.74) is 3.39. The molecule has 2 unspecified atom stereocenters. The Balaban J connectivity index is 0.00000199. The van der Waals surface area contributed by atoms with Crippen LogP contribution in [-0.2, 0) is 4.84 Å². The van der Waals surface area contributed by atoms with Gasteiger partial charge in [-0.1, -0.05) is 53.0 Å². The van der Waals surface area contributed by atoms with E-state index in [1.54, 1.807) is 0 Å². The largest absolute Gasteiger partial charge is 0.507 e. The Morgan fingerprint density at radius 3 is 2.62 bits per heavy atom. The standard InChI is InChI=1S/C25H34N2O5.C2H6/c1-17(8-6-5-7-13-31-27(29)30)18(2)20-14-22(28)24-21(19-9-11-26-12-10-19)16-25(3,4)32-23(24)15-20;1-2/h9-11,14-18,26,28H,5-8,12-13H2,1-4H3;1-2H3. The summed E-state index contributed by atoms with van der Waals surface area (Å²) in [4.78, 5) is 14.6. The highest BCUT2D eigenvalue weighted by molar-refractivity contribution is 5.89. The van der Waals surface area contributed by atoms with Crippen LogP contribution < -0.4 is 10.1 Å². The lowest BCUT2D eigenvalue weighted by Gasteiger charge is -2.33. The predicted octanol–water partition coefficient (Wildman–Crippen LogP) is 6.52. The molecule has 0 aliphatic carbocycles. The number of phenols is 1. The molecule has 1 aromatic rings. The summed E-state index contributed by atoms with van der Waals surface area (Å²) < 4.78 is 6.26. The van der Waals surface area contributed by atoms with Crippen molar-refractivity contribution < 1.29 is 19.8 Å². The van der Waals surface area contributed by atoms with Crippen molar-refractivity contribution in [2.24, 2.45) is 5.92 Å². The molecule has 2 N–H and O–H groups in total. The number of aromatic hydroxyl groups is 1. The summed E-state index contributed by atoms with van der Waals surface area (Å²) >= 11 is 0. The number of benzene rings is 1.